The summed E-state index contributed by atoms with van der Waals surface area (Å²) < 4.78 is 30.3. The smallest absolute Gasteiger partial charge is 0.221 e. The number of hydrogen-bond acceptors (Lipinski definition) is 4. The molecule has 0 amide bonds. The van der Waals surface area contributed by atoms with E-state index in [0.717, 1.165) is 10.7 Å². The van der Waals surface area contributed by atoms with E-state index < -0.39 is 15.3 Å². The molecule has 0 aromatic rings. The molecule has 1 rings (SSSR count). The molecular formula is C10H14N2O3S. The fraction of sp³-hybridized carbons (Fsp3) is 0.700. The number of hydrogen-bond donors (Lipinski definition) is 0. The molecule has 1 heterocycles. The summed E-state index contributed by atoms with van der Waals surface area (Å²) >= 11 is 0. The van der Waals surface area contributed by atoms with Gasteiger partial charge in [-0.05, 0) is 12.8 Å². The second-order valence-electron chi connectivity index (χ2n) is 3.51. The molecule has 0 aromatic carbocycles. The van der Waals surface area contributed by atoms with Crippen LogP contribution in [0.4, 0.5) is 0 Å². The maximum absolute atomic E-state index is 12.1. The molecule has 0 bridgehead atoms. The van der Waals surface area contributed by atoms with Gasteiger partial charge in [0.15, 0.2) is 0 Å². The summed E-state index contributed by atoms with van der Waals surface area (Å²) in [7, 11) is -3.51. The third-order valence-electron chi connectivity index (χ3n) is 2.41. The molecule has 1 aliphatic rings. The Morgan fingerprint density at radius 1 is 1.50 bits per heavy atom. The predicted octanol–water partition coefficient (Wildman–Crippen LogP) is -0.0460. The van der Waals surface area contributed by atoms with Gasteiger partial charge >= 0.3 is 0 Å². The lowest BCUT2D eigenvalue weighted by molar-refractivity contribution is 0.0977. The highest BCUT2D eigenvalue weighted by Gasteiger charge is 2.33. The number of nitriles is 1. The van der Waals surface area contributed by atoms with E-state index in [4.69, 9.17) is 16.4 Å². The fourth-order valence-corrected chi connectivity index (χ4v) is 3.22. The van der Waals surface area contributed by atoms with Crippen LogP contribution in [0.15, 0.2) is 0 Å². The van der Waals surface area contributed by atoms with Crippen molar-refractivity contribution in [2.75, 3.05) is 26.3 Å². The molecule has 0 spiro atoms. The average Bonchev–Trinajstić information content (AvgIpc) is 2.30. The van der Waals surface area contributed by atoms with Crippen LogP contribution in [0, 0.1) is 23.7 Å². The van der Waals surface area contributed by atoms with Gasteiger partial charge in [-0.3, -0.25) is 0 Å². The highest BCUT2D eigenvalue weighted by molar-refractivity contribution is 7.89. The second-order valence-corrected chi connectivity index (χ2v) is 5.73. The van der Waals surface area contributed by atoms with E-state index in [9.17, 15) is 8.42 Å². The third kappa shape index (κ3) is 2.96. The Kier molecular flexibility index (Phi) is 4.75. The minimum atomic E-state index is -3.51. The lowest BCUT2D eigenvalue weighted by Gasteiger charge is -2.27. The van der Waals surface area contributed by atoms with Crippen molar-refractivity contribution in [3.63, 3.8) is 0 Å². The molecular weight excluding hydrogens is 228 g/mol. The molecule has 0 unspecified atom stereocenters. The molecule has 1 fully saturated rings. The summed E-state index contributed by atoms with van der Waals surface area (Å²) in [6, 6.07) is 1.81. The van der Waals surface area contributed by atoms with Gasteiger partial charge in [0.05, 0.1) is 24.5 Å². The van der Waals surface area contributed by atoms with Crippen LogP contribution >= 0.6 is 0 Å². The van der Waals surface area contributed by atoms with Crippen LogP contribution in [0.25, 0.3) is 0 Å². The molecule has 88 valence electrons. The first-order valence-electron chi connectivity index (χ1n) is 5.00. The van der Waals surface area contributed by atoms with Crippen molar-refractivity contribution in [3.05, 3.63) is 0 Å². The van der Waals surface area contributed by atoms with Crippen molar-refractivity contribution < 1.29 is 13.2 Å². The van der Waals surface area contributed by atoms with Crippen LogP contribution in [0.2, 0.25) is 0 Å². The first kappa shape index (κ1) is 13.0. The largest absolute Gasteiger partial charge is 0.380 e. The summed E-state index contributed by atoms with van der Waals surface area (Å²) in [6.45, 7) is 0.518. The molecule has 1 atom stereocenters. The predicted molar refractivity (Wildman–Crippen MR) is 58.8 cm³/mol. The van der Waals surface area contributed by atoms with Crippen molar-refractivity contribution in [2.24, 2.45) is 0 Å². The van der Waals surface area contributed by atoms with Crippen LogP contribution in [-0.4, -0.2) is 44.3 Å². The molecule has 0 N–H and O–H groups in total. The SMILES string of the molecule is C#CCN(CC#N)S(=O)(=O)[C@H]1CCCOC1. The van der Waals surface area contributed by atoms with Crippen molar-refractivity contribution in [1.29, 1.82) is 5.26 Å². The molecule has 0 aliphatic carbocycles. The number of terminal acetylenes is 1. The van der Waals surface area contributed by atoms with Gasteiger partial charge in [-0.25, -0.2) is 8.42 Å². The average molecular weight is 242 g/mol. The Labute approximate surface area is 96.0 Å². The second kappa shape index (κ2) is 5.86. The Balaban J connectivity index is 2.80. The molecule has 0 radical (unpaired) electrons. The Morgan fingerprint density at radius 3 is 2.75 bits per heavy atom. The van der Waals surface area contributed by atoms with E-state index in [0.29, 0.717) is 13.0 Å². The van der Waals surface area contributed by atoms with Gasteiger partial charge in [0, 0.05) is 6.61 Å². The van der Waals surface area contributed by atoms with Gasteiger partial charge in [-0.15, -0.1) is 6.42 Å². The van der Waals surface area contributed by atoms with E-state index in [1.165, 1.54) is 0 Å². The molecule has 16 heavy (non-hydrogen) atoms. The van der Waals surface area contributed by atoms with Crippen LogP contribution in [0.3, 0.4) is 0 Å². The summed E-state index contributed by atoms with van der Waals surface area (Å²) in [5, 5.41) is 8.00. The van der Waals surface area contributed by atoms with Gasteiger partial charge in [-0.1, -0.05) is 5.92 Å². The van der Waals surface area contributed by atoms with Gasteiger partial charge in [0.25, 0.3) is 0 Å². The maximum Gasteiger partial charge on any atom is 0.221 e. The van der Waals surface area contributed by atoms with Crippen molar-refractivity contribution in [1.82, 2.24) is 4.31 Å². The molecule has 0 aromatic heterocycles. The molecule has 0 saturated carbocycles. The minimum Gasteiger partial charge on any atom is -0.380 e. The quantitative estimate of drug-likeness (QED) is 0.512. The number of ether oxygens (including phenoxy) is 1. The molecule has 1 saturated heterocycles. The van der Waals surface area contributed by atoms with Gasteiger partial charge in [0.2, 0.25) is 10.0 Å². The van der Waals surface area contributed by atoms with E-state index in [-0.39, 0.29) is 19.7 Å². The monoisotopic (exact) mass is 242 g/mol. The first-order valence-corrected chi connectivity index (χ1v) is 6.50. The highest BCUT2D eigenvalue weighted by Crippen LogP contribution is 2.18. The first-order chi connectivity index (χ1) is 7.62. The van der Waals surface area contributed by atoms with E-state index in [1.807, 2.05) is 6.07 Å². The normalized spacial score (nSPS) is 21.3. The van der Waals surface area contributed by atoms with E-state index in [2.05, 4.69) is 5.92 Å². The van der Waals surface area contributed by atoms with Crippen LogP contribution in [0.1, 0.15) is 12.8 Å². The summed E-state index contributed by atoms with van der Waals surface area (Å²) in [6.07, 6.45) is 6.38. The van der Waals surface area contributed by atoms with Crippen LogP contribution in [-0.2, 0) is 14.8 Å². The highest BCUT2D eigenvalue weighted by atomic mass is 32.2. The number of nitrogens with zero attached hydrogens (tertiary/aromatic N) is 2. The van der Waals surface area contributed by atoms with Gasteiger partial charge in [0.1, 0.15) is 6.54 Å². The Bertz CT molecular complexity index is 383. The minimum absolute atomic E-state index is 0.0631. The summed E-state index contributed by atoms with van der Waals surface area (Å²) in [5.74, 6) is 2.25. The zero-order valence-corrected chi connectivity index (χ0v) is 9.74. The van der Waals surface area contributed by atoms with Crippen LogP contribution in [0.5, 0.6) is 0 Å². The van der Waals surface area contributed by atoms with E-state index >= 15 is 0 Å². The zero-order chi connectivity index (χ0) is 12.0. The van der Waals surface area contributed by atoms with Crippen molar-refractivity contribution >= 4 is 10.0 Å². The Hall–Kier alpha value is -1.08. The number of sulfonamides is 1. The van der Waals surface area contributed by atoms with E-state index in [1.54, 1.807) is 0 Å². The lowest BCUT2D eigenvalue weighted by atomic mass is 10.2. The van der Waals surface area contributed by atoms with Crippen molar-refractivity contribution in [3.8, 4) is 18.4 Å². The fourth-order valence-electron chi connectivity index (χ4n) is 1.57. The molecule has 1 aliphatic heterocycles. The molecule has 6 heteroatoms. The molecule has 5 nitrogen and oxygen atoms in total. The van der Waals surface area contributed by atoms with Crippen LogP contribution < -0.4 is 0 Å². The Morgan fingerprint density at radius 2 is 2.25 bits per heavy atom. The third-order valence-corrected chi connectivity index (χ3v) is 4.61. The number of rotatable bonds is 4. The van der Waals surface area contributed by atoms with Crippen molar-refractivity contribution in [2.45, 2.75) is 18.1 Å². The van der Waals surface area contributed by atoms with Gasteiger partial charge in [-0.2, -0.15) is 9.57 Å². The summed E-state index contributed by atoms with van der Waals surface area (Å²) in [4.78, 5) is 0. The maximum atomic E-state index is 12.1. The lowest BCUT2D eigenvalue weighted by Crippen LogP contribution is -2.43. The van der Waals surface area contributed by atoms with Gasteiger partial charge < -0.3 is 4.74 Å². The standard InChI is InChI=1S/C10H14N2O3S/c1-2-6-12(7-5-11)16(13,14)10-4-3-8-15-9-10/h1,10H,3-4,6-9H2/t10-/m0/s1. The zero-order valence-electron chi connectivity index (χ0n) is 8.92. The topological polar surface area (TPSA) is 70.4 Å². The summed E-state index contributed by atoms with van der Waals surface area (Å²) in [5.41, 5.74) is 0.